The van der Waals surface area contributed by atoms with Gasteiger partial charge in [-0.05, 0) is 30.7 Å². The Bertz CT molecular complexity index is 448. The van der Waals surface area contributed by atoms with Gasteiger partial charge in [0.2, 0.25) is 6.41 Å². The van der Waals surface area contributed by atoms with Crippen LogP contribution in [0, 0.1) is 0 Å². The zero-order chi connectivity index (χ0) is 11.4. The summed E-state index contributed by atoms with van der Waals surface area (Å²) in [4.78, 5) is 10.3. The van der Waals surface area contributed by atoms with Crippen molar-refractivity contribution in [3.05, 3.63) is 48.3 Å². The monoisotopic (exact) mass is 215 g/mol. The fourth-order valence-corrected chi connectivity index (χ4v) is 1.54. The van der Waals surface area contributed by atoms with Gasteiger partial charge in [0.25, 0.3) is 0 Å². The molecular formula is C12H13N3O. The van der Waals surface area contributed by atoms with Gasteiger partial charge in [0, 0.05) is 12.4 Å². The Morgan fingerprint density at radius 2 is 2.12 bits per heavy atom. The van der Waals surface area contributed by atoms with E-state index >= 15 is 0 Å². The molecule has 1 atom stereocenters. The first kappa shape index (κ1) is 10.4. The lowest BCUT2D eigenvalue weighted by Gasteiger charge is -2.11. The number of amides is 1. The number of carbonyl (C=O) groups excluding carboxylic acids is 1. The molecule has 1 N–H and O–H groups in total. The Hall–Kier alpha value is -2.10. The normalized spacial score (nSPS) is 12.1. The fraction of sp³-hybridized carbons (Fsp3) is 0.167. The molecule has 0 spiro atoms. The van der Waals surface area contributed by atoms with Crippen LogP contribution in [0.2, 0.25) is 0 Å². The summed E-state index contributed by atoms with van der Waals surface area (Å²) in [6.45, 7) is 1.94. The highest BCUT2D eigenvalue weighted by atomic mass is 16.1. The van der Waals surface area contributed by atoms with Gasteiger partial charge in [-0.3, -0.25) is 4.79 Å². The van der Waals surface area contributed by atoms with Crippen LogP contribution in [0.4, 0.5) is 0 Å². The number of rotatable bonds is 4. The largest absolute Gasteiger partial charge is 0.352 e. The van der Waals surface area contributed by atoms with E-state index in [2.05, 4.69) is 10.4 Å². The third-order valence-corrected chi connectivity index (χ3v) is 2.48. The summed E-state index contributed by atoms with van der Waals surface area (Å²) in [7, 11) is 0. The standard InChI is InChI=1S/C12H13N3O/c1-10(13-9-16)11-3-5-12(6-4-11)15-8-2-7-14-15/h2-10H,1H3,(H,13,16)/t10-/m1/s1. The maximum Gasteiger partial charge on any atom is 0.207 e. The molecule has 0 aliphatic heterocycles. The maximum atomic E-state index is 10.3. The number of aromatic nitrogens is 2. The summed E-state index contributed by atoms with van der Waals surface area (Å²) in [5.41, 5.74) is 2.08. The molecule has 82 valence electrons. The minimum absolute atomic E-state index is 0.0316. The molecule has 1 amide bonds. The van der Waals surface area contributed by atoms with E-state index in [4.69, 9.17) is 0 Å². The minimum atomic E-state index is 0.0316. The van der Waals surface area contributed by atoms with Gasteiger partial charge in [0.15, 0.2) is 0 Å². The minimum Gasteiger partial charge on any atom is -0.352 e. The van der Waals surface area contributed by atoms with Gasteiger partial charge in [0.05, 0.1) is 11.7 Å². The number of nitrogens with one attached hydrogen (secondary N) is 1. The number of hydrogen-bond acceptors (Lipinski definition) is 2. The molecule has 2 rings (SSSR count). The average molecular weight is 215 g/mol. The predicted octanol–water partition coefficient (Wildman–Crippen LogP) is 1.68. The van der Waals surface area contributed by atoms with Crippen molar-refractivity contribution in [1.29, 1.82) is 0 Å². The molecule has 0 bridgehead atoms. The summed E-state index contributed by atoms with van der Waals surface area (Å²) in [6.07, 6.45) is 4.35. The van der Waals surface area contributed by atoms with Crippen LogP contribution in [0.25, 0.3) is 5.69 Å². The predicted molar refractivity (Wildman–Crippen MR) is 61.2 cm³/mol. The van der Waals surface area contributed by atoms with E-state index in [0.717, 1.165) is 11.3 Å². The van der Waals surface area contributed by atoms with Gasteiger partial charge < -0.3 is 5.32 Å². The first-order valence-electron chi connectivity index (χ1n) is 5.11. The van der Waals surface area contributed by atoms with Crippen LogP contribution in [0.15, 0.2) is 42.7 Å². The number of carbonyl (C=O) groups is 1. The summed E-state index contributed by atoms with van der Waals surface area (Å²) >= 11 is 0. The third kappa shape index (κ3) is 2.11. The Morgan fingerprint density at radius 3 is 2.69 bits per heavy atom. The van der Waals surface area contributed by atoms with E-state index in [0.29, 0.717) is 6.41 Å². The van der Waals surface area contributed by atoms with Crippen molar-refractivity contribution in [3.63, 3.8) is 0 Å². The first-order valence-corrected chi connectivity index (χ1v) is 5.11. The highest BCUT2D eigenvalue weighted by Gasteiger charge is 2.03. The van der Waals surface area contributed by atoms with Crippen molar-refractivity contribution in [2.24, 2.45) is 0 Å². The Kier molecular flexibility index (Phi) is 3.00. The quantitative estimate of drug-likeness (QED) is 0.789. The van der Waals surface area contributed by atoms with E-state index in [1.807, 2.05) is 43.5 Å². The van der Waals surface area contributed by atoms with Gasteiger partial charge in [-0.1, -0.05) is 12.1 Å². The molecule has 2 aromatic rings. The second kappa shape index (κ2) is 4.61. The molecule has 1 aromatic carbocycles. The van der Waals surface area contributed by atoms with Gasteiger partial charge in [-0.25, -0.2) is 4.68 Å². The van der Waals surface area contributed by atoms with Crippen LogP contribution in [0.5, 0.6) is 0 Å². The Labute approximate surface area is 93.9 Å². The Morgan fingerprint density at radius 1 is 1.38 bits per heavy atom. The molecule has 0 unspecified atom stereocenters. The molecule has 0 fully saturated rings. The zero-order valence-corrected chi connectivity index (χ0v) is 9.00. The lowest BCUT2D eigenvalue weighted by atomic mass is 10.1. The van der Waals surface area contributed by atoms with Crippen molar-refractivity contribution in [2.75, 3.05) is 0 Å². The molecular weight excluding hydrogens is 202 g/mol. The Balaban J connectivity index is 2.19. The molecule has 16 heavy (non-hydrogen) atoms. The molecule has 0 radical (unpaired) electrons. The molecule has 4 nitrogen and oxygen atoms in total. The van der Waals surface area contributed by atoms with E-state index in [1.165, 1.54) is 0 Å². The average Bonchev–Trinajstić information content (AvgIpc) is 2.83. The van der Waals surface area contributed by atoms with Gasteiger partial charge >= 0.3 is 0 Å². The van der Waals surface area contributed by atoms with Crippen molar-refractivity contribution in [3.8, 4) is 5.69 Å². The molecule has 4 heteroatoms. The van der Waals surface area contributed by atoms with Gasteiger partial charge in [0.1, 0.15) is 0 Å². The van der Waals surface area contributed by atoms with Gasteiger partial charge in [-0.15, -0.1) is 0 Å². The topological polar surface area (TPSA) is 46.9 Å². The summed E-state index contributed by atoms with van der Waals surface area (Å²) in [5.74, 6) is 0. The van der Waals surface area contributed by atoms with Crippen molar-refractivity contribution in [2.45, 2.75) is 13.0 Å². The lowest BCUT2D eigenvalue weighted by Crippen LogP contribution is -2.15. The van der Waals surface area contributed by atoms with E-state index < -0.39 is 0 Å². The summed E-state index contributed by atoms with van der Waals surface area (Å²) in [5, 5.41) is 6.86. The van der Waals surface area contributed by atoms with Crippen molar-refractivity contribution < 1.29 is 4.79 Å². The second-order valence-electron chi connectivity index (χ2n) is 3.55. The smallest absolute Gasteiger partial charge is 0.207 e. The number of hydrogen-bond donors (Lipinski definition) is 1. The van der Waals surface area contributed by atoms with Gasteiger partial charge in [-0.2, -0.15) is 5.10 Å². The first-order chi connectivity index (χ1) is 7.81. The SMILES string of the molecule is C[C@@H](NC=O)c1ccc(-n2cccn2)cc1. The van der Waals surface area contributed by atoms with Crippen LogP contribution < -0.4 is 5.32 Å². The summed E-state index contributed by atoms with van der Waals surface area (Å²) < 4.78 is 1.79. The van der Waals surface area contributed by atoms with E-state index in [9.17, 15) is 4.79 Å². The molecule has 0 aliphatic rings. The maximum absolute atomic E-state index is 10.3. The zero-order valence-electron chi connectivity index (χ0n) is 9.00. The van der Waals surface area contributed by atoms with E-state index in [1.54, 1.807) is 10.9 Å². The lowest BCUT2D eigenvalue weighted by molar-refractivity contribution is -0.110. The molecule has 1 heterocycles. The molecule has 0 saturated heterocycles. The van der Waals surface area contributed by atoms with Crippen LogP contribution in [0.3, 0.4) is 0 Å². The fourth-order valence-electron chi connectivity index (χ4n) is 1.54. The van der Waals surface area contributed by atoms with E-state index in [-0.39, 0.29) is 6.04 Å². The number of nitrogens with zero attached hydrogens (tertiary/aromatic N) is 2. The molecule has 0 aliphatic carbocycles. The van der Waals surface area contributed by atoms with Crippen LogP contribution >= 0.6 is 0 Å². The third-order valence-electron chi connectivity index (χ3n) is 2.48. The van der Waals surface area contributed by atoms with Crippen LogP contribution in [-0.2, 0) is 4.79 Å². The second-order valence-corrected chi connectivity index (χ2v) is 3.55. The molecule has 0 saturated carbocycles. The van der Waals surface area contributed by atoms with Crippen LogP contribution in [0.1, 0.15) is 18.5 Å². The summed E-state index contributed by atoms with van der Waals surface area (Å²) in [6, 6.07) is 9.83. The van der Waals surface area contributed by atoms with Crippen molar-refractivity contribution >= 4 is 6.41 Å². The van der Waals surface area contributed by atoms with Crippen molar-refractivity contribution in [1.82, 2.24) is 15.1 Å². The van der Waals surface area contributed by atoms with Crippen LogP contribution in [-0.4, -0.2) is 16.2 Å². The highest BCUT2D eigenvalue weighted by Crippen LogP contribution is 2.14. The molecule has 1 aromatic heterocycles. The number of benzene rings is 1. The highest BCUT2D eigenvalue weighted by molar-refractivity contribution is 5.48.